The number of hydrogen-bond acceptors (Lipinski definition) is 4. The van der Waals surface area contributed by atoms with Crippen LogP contribution in [-0.2, 0) is 10.0 Å². The van der Waals surface area contributed by atoms with Crippen LogP contribution >= 0.6 is 0 Å². The third-order valence-corrected chi connectivity index (χ3v) is 7.03. The standard InChI is InChI=1S/C20H22N2O4S/c1-26-17-10-6-9-16(13-17)22-20(23)21(14-15-7-2-3-8-15)18-11-4-5-12-19(18)27(22,24)25/h4-6,9-13,15H,2-3,7-8,14H2,1H3. The number of fused-ring (bicyclic) bond motifs is 1. The van der Waals surface area contributed by atoms with Gasteiger partial charge in [-0.15, -0.1) is 0 Å². The quantitative estimate of drug-likeness (QED) is 0.796. The van der Waals surface area contributed by atoms with E-state index >= 15 is 0 Å². The van der Waals surface area contributed by atoms with E-state index in [1.165, 1.54) is 7.11 Å². The zero-order chi connectivity index (χ0) is 19.0. The number of nitrogens with zero attached hydrogens (tertiary/aromatic N) is 2. The summed E-state index contributed by atoms with van der Waals surface area (Å²) in [7, 11) is -2.48. The number of methoxy groups -OCH3 is 1. The minimum absolute atomic E-state index is 0.158. The summed E-state index contributed by atoms with van der Waals surface area (Å²) in [6, 6.07) is 12.8. The molecule has 4 rings (SSSR count). The van der Waals surface area contributed by atoms with Crippen molar-refractivity contribution in [1.29, 1.82) is 0 Å². The third-order valence-electron chi connectivity index (χ3n) is 5.28. The van der Waals surface area contributed by atoms with E-state index in [0.717, 1.165) is 30.0 Å². The molecule has 0 N–H and O–H groups in total. The topological polar surface area (TPSA) is 66.9 Å². The molecule has 0 saturated heterocycles. The van der Waals surface area contributed by atoms with E-state index in [2.05, 4.69) is 0 Å². The molecule has 142 valence electrons. The fourth-order valence-corrected chi connectivity index (χ4v) is 5.51. The highest BCUT2D eigenvalue weighted by atomic mass is 32.2. The van der Waals surface area contributed by atoms with Gasteiger partial charge in [-0.1, -0.05) is 31.0 Å². The van der Waals surface area contributed by atoms with Crippen LogP contribution < -0.4 is 13.9 Å². The smallest absolute Gasteiger partial charge is 0.343 e. The van der Waals surface area contributed by atoms with Crippen molar-refractivity contribution in [3.05, 3.63) is 48.5 Å². The van der Waals surface area contributed by atoms with Crippen LogP contribution in [0.2, 0.25) is 0 Å². The number of carbonyl (C=O) groups excluding carboxylic acids is 1. The highest BCUT2D eigenvalue weighted by Crippen LogP contribution is 2.39. The van der Waals surface area contributed by atoms with Crippen molar-refractivity contribution in [3.8, 4) is 5.75 Å². The Morgan fingerprint density at radius 1 is 1.07 bits per heavy atom. The maximum atomic E-state index is 13.3. The summed E-state index contributed by atoms with van der Waals surface area (Å²) in [4.78, 5) is 15.1. The van der Waals surface area contributed by atoms with E-state index in [1.54, 1.807) is 53.4 Å². The van der Waals surface area contributed by atoms with Gasteiger partial charge in [0, 0.05) is 12.6 Å². The Bertz CT molecular complexity index is 967. The van der Waals surface area contributed by atoms with E-state index in [1.807, 2.05) is 0 Å². The molecule has 2 amide bonds. The number of benzene rings is 2. The number of rotatable bonds is 4. The van der Waals surface area contributed by atoms with Crippen molar-refractivity contribution in [2.45, 2.75) is 30.6 Å². The zero-order valence-electron chi connectivity index (χ0n) is 15.2. The summed E-state index contributed by atoms with van der Waals surface area (Å²) in [5.41, 5.74) is 0.749. The maximum absolute atomic E-state index is 13.3. The number of anilines is 2. The molecule has 6 nitrogen and oxygen atoms in total. The second-order valence-corrected chi connectivity index (χ2v) is 8.74. The molecule has 1 saturated carbocycles. The van der Waals surface area contributed by atoms with Gasteiger partial charge in [-0.25, -0.2) is 13.2 Å². The van der Waals surface area contributed by atoms with Gasteiger partial charge in [-0.2, -0.15) is 4.31 Å². The van der Waals surface area contributed by atoms with Crippen molar-refractivity contribution in [2.24, 2.45) is 5.92 Å². The predicted molar refractivity (Wildman–Crippen MR) is 104 cm³/mol. The van der Waals surface area contributed by atoms with Gasteiger partial charge >= 0.3 is 6.03 Å². The normalized spacial score (nSPS) is 19.2. The van der Waals surface area contributed by atoms with Crippen LogP contribution in [0, 0.1) is 5.92 Å². The number of ether oxygens (including phenoxy) is 1. The summed E-state index contributed by atoms with van der Waals surface area (Å²) in [5.74, 6) is 0.895. The number of para-hydroxylation sites is 1. The maximum Gasteiger partial charge on any atom is 0.343 e. The van der Waals surface area contributed by atoms with Crippen molar-refractivity contribution in [1.82, 2.24) is 0 Å². The van der Waals surface area contributed by atoms with Gasteiger partial charge in [0.25, 0.3) is 10.0 Å². The van der Waals surface area contributed by atoms with Crippen molar-refractivity contribution >= 4 is 27.4 Å². The van der Waals surface area contributed by atoms with Crippen LogP contribution in [0.5, 0.6) is 5.75 Å². The number of urea groups is 1. The first-order chi connectivity index (χ1) is 13.0. The monoisotopic (exact) mass is 386 g/mol. The van der Waals surface area contributed by atoms with Crippen molar-refractivity contribution in [2.75, 3.05) is 22.9 Å². The lowest BCUT2D eigenvalue weighted by atomic mass is 10.1. The van der Waals surface area contributed by atoms with Crippen LogP contribution in [0.25, 0.3) is 0 Å². The average molecular weight is 386 g/mol. The molecule has 1 aliphatic carbocycles. The number of hydrogen-bond donors (Lipinski definition) is 0. The van der Waals surface area contributed by atoms with Crippen LogP contribution in [0.1, 0.15) is 25.7 Å². The summed E-state index contributed by atoms with van der Waals surface area (Å²) < 4.78 is 32.6. The Hall–Kier alpha value is -2.54. The van der Waals surface area contributed by atoms with E-state index in [9.17, 15) is 13.2 Å². The highest BCUT2D eigenvalue weighted by molar-refractivity contribution is 7.94. The molecule has 27 heavy (non-hydrogen) atoms. The van der Waals surface area contributed by atoms with Gasteiger partial charge < -0.3 is 4.74 Å². The average Bonchev–Trinajstić information content (AvgIpc) is 3.18. The first-order valence-electron chi connectivity index (χ1n) is 9.12. The van der Waals surface area contributed by atoms with E-state index < -0.39 is 16.1 Å². The lowest BCUT2D eigenvalue weighted by Gasteiger charge is -2.37. The van der Waals surface area contributed by atoms with Crippen LogP contribution in [-0.4, -0.2) is 28.1 Å². The second kappa shape index (κ2) is 6.88. The van der Waals surface area contributed by atoms with Gasteiger partial charge in [0.15, 0.2) is 0 Å². The fraction of sp³-hybridized carbons (Fsp3) is 0.350. The molecule has 0 radical (unpaired) electrons. The van der Waals surface area contributed by atoms with Gasteiger partial charge in [0.05, 0.1) is 18.5 Å². The van der Waals surface area contributed by atoms with Crippen LogP contribution in [0.15, 0.2) is 53.4 Å². The molecule has 0 bridgehead atoms. The summed E-state index contributed by atoms with van der Waals surface area (Å²) >= 11 is 0. The molecule has 0 spiro atoms. The Labute approximate surface area is 159 Å². The minimum Gasteiger partial charge on any atom is -0.497 e. The van der Waals surface area contributed by atoms with Gasteiger partial charge in [-0.05, 0) is 43.0 Å². The SMILES string of the molecule is COc1cccc(N2C(=O)N(CC3CCCC3)c3ccccc3S2(=O)=O)c1. The van der Waals surface area contributed by atoms with E-state index in [4.69, 9.17) is 4.74 Å². The molecule has 0 unspecified atom stereocenters. The Balaban J connectivity index is 1.83. The van der Waals surface area contributed by atoms with E-state index in [-0.39, 0.29) is 10.6 Å². The molecule has 0 atom stereocenters. The number of carbonyl (C=O) groups is 1. The van der Waals surface area contributed by atoms with Gasteiger partial charge in [0.1, 0.15) is 10.6 Å². The molecule has 1 aliphatic heterocycles. The molecule has 1 fully saturated rings. The summed E-state index contributed by atoms with van der Waals surface area (Å²) in [6.07, 6.45) is 4.45. The third kappa shape index (κ3) is 3.06. The Morgan fingerprint density at radius 3 is 2.56 bits per heavy atom. The second-order valence-electron chi connectivity index (χ2n) is 6.98. The predicted octanol–water partition coefficient (Wildman–Crippen LogP) is 4.02. The summed E-state index contributed by atoms with van der Waals surface area (Å²) in [5, 5.41) is 0. The molecule has 0 aromatic heterocycles. The first-order valence-corrected chi connectivity index (χ1v) is 10.6. The van der Waals surface area contributed by atoms with Gasteiger partial charge in [-0.3, -0.25) is 4.90 Å². The molecule has 2 aromatic carbocycles. The van der Waals surface area contributed by atoms with Crippen molar-refractivity contribution < 1.29 is 17.9 Å². The molecular formula is C20H22N2O4S. The molecule has 2 aliphatic rings. The van der Waals surface area contributed by atoms with Crippen LogP contribution in [0.4, 0.5) is 16.2 Å². The first kappa shape index (κ1) is 17.9. The minimum atomic E-state index is -3.99. The lowest BCUT2D eigenvalue weighted by molar-refractivity contribution is 0.252. The number of amides is 2. The molecule has 7 heteroatoms. The number of sulfonamides is 1. The summed E-state index contributed by atoms with van der Waals surface area (Å²) in [6.45, 7) is 0.534. The largest absolute Gasteiger partial charge is 0.497 e. The Morgan fingerprint density at radius 2 is 1.81 bits per heavy atom. The van der Waals surface area contributed by atoms with Gasteiger partial charge in [0.2, 0.25) is 0 Å². The molecular weight excluding hydrogens is 364 g/mol. The van der Waals surface area contributed by atoms with Crippen LogP contribution in [0.3, 0.4) is 0 Å². The molecule has 1 heterocycles. The highest BCUT2D eigenvalue weighted by Gasteiger charge is 2.43. The fourth-order valence-electron chi connectivity index (χ4n) is 3.93. The lowest BCUT2D eigenvalue weighted by Crippen LogP contribution is -2.52. The van der Waals surface area contributed by atoms with E-state index in [0.29, 0.717) is 23.9 Å². The van der Waals surface area contributed by atoms with Crippen molar-refractivity contribution in [3.63, 3.8) is 0 Å². The zero-order valence-corrected chi connectivity index (χ0v) is 16.0. The molecule has 2 aromatic rings. The Kier molecular flexibility index (Phi) is 4.55.